The molecule has 0 spiro atoms. The van der Waals surface area contributed by atoms with Crippen LogP contribution in [0, 0.1) is 0 Å². The van der Waals surface area contributed by atoms with Gasteiger partial charge in [-0.1, -0.05) is 0 Å². The van der Waals surface area contributed by atoms with Gasteiger partial charge in [-0.05, 0) is 19.1 Å². The van der Waals surface area contributed by atoms with Gasteiger partial charge >= 0.3 is 0 Å². The quantitative estimate of drug-likeness (QED) is 0.631. The second-order valence-corrected chi connectivity index (χ2v) is 3.56. The summed E-state index contributed by atoms with van der Waals surface area (Å²) in [4.78, 5) is 0. The maximum Gasteiger partial charge on any atom is 0.117 e. The Morgan fingerprint density at radius 1 is 1.53 bits per heavy atom. The molecule has 4 nitrogen and oxygen atoms in total. The van der Waals surface area contributed by atoms with Crippen molar-refractivity contribution in [2.24, 2.45) is 0 Å². The van der Waals surface area contributed by atoms with Crippen LogP contribution in [0.3, 0.4) is 0 Å². The highest BCUT2D eigenvalue weighted by Gasteiger charge is 2.00. The van der Waals surface area contributed by atoms with Crippen LogP contribution in [0.4, 0.5) is 0 Å². The van der Waals surface area contributed by atoms with E-state index in [9.17, 15) is 0 Å². The van der Waals surface area contributed by atoms with E-state index in [0.29, 0.717) is 6.04 Å². The Kier molecular flexibility index (Phi) is 6.08. The van der Waals surface area contributed by atoms with Crippen LogP contribution in [-0.4, -0.2) is 32.8 Å². The number of furan rings is 1. The van der Waals surface area contributed by atoms with Crippen molar-refractivity contribution in [2.75, 3.05) is 26.8 Å². The summed E-state index contributed by atoms with van der Waals surface area (Å²) < 4.78 is 10.2. The molecule has 0 amide bonds. The Labute approximate surface area is 91.0 Å². The Morgan fingerprint density at radius 2 is 2.40 bits per heavy atom. The van der Waals surface area contributed by atoms with Gasteiger partial charge in [0.15, 0.2) is 0 Å². The fraction of sp³-hybridized carbons (Fsp3) is 0.636. The highest BCUT2D eigenvalue weighted by molar-refractivity contribution is 4.97. The van der Waals surface area contributed by atoms with E-state index in [1.54, 1.807) is 13.4 Å². The highest BCUT2D eigenvalue weighted by atomic mass is 16.5. The smallest absolute Gasteiger partial charge is 0.117 e. The molecule has 2 N–H and O–H groups in total. The van der Waals surface area contributed by atoms with Crippen LogP contribution in [0.15, 0.2) is 22.8 Å². The monoisotopic (exact) mass is 212 g/mol. The van der Waals surface area contributed by atoms with Gasteiger partial charge in [0.25, 0.3) is 0 Å². The van der Waals surface area contributed by atoms with Crippen molar-refractivity contribution in [1.82, 2.24) is 10.6 Å². The molecule has 0 aliphatic heterocycles. The molecule has 4 heteroatoms. The number of methoxy groups -OCH3 is 1. The molecule has 1 heterocycles. The third-order valence-electron chi connectivity index (χ3n) is 2.13. The Hall–Kier alpha value is -0.840. The van der Waals surface area contributed by atoms with Crippen molar-refractivity contribution in [2.45, 2.75) is 19.5 Å². The van der Waals surface area contributed by atoms with Crippen molar-refractivity contribution < 1.29 is 9.15 Å². The van der Waals surface area contributed by atoms with Crippen LogP contribution in [0.1, 0.15) is 12.7 Å². The Morgan fingerprint density at radius 3 is 3.07 bits per heavy atom. The molecule has 86 valence electrons. The van der Waals surface area contributed by atoms with E-state index in [0.717, 1.165) is 32.0 Å². The molecule has 0 aliphatic carbocycles. The van der Waals surface area contributed by atoms with Crippen molar-refractivity contribution in [3.8, 4) is 0 Å². The first-order valence-electron chi connectivity index (χ1n) is 5.28. The number of rotatable bonds is 8. The zero-order chi connectivity index (χ0) is 10.9. The van der Waals surface area contributed by atoms with Gasteiger partial charge in [0.2, 0.25) is 0 Å². The highest BCUT2D eigenvalue weighted by Crippen LogP contribution is 1.98. The normalized spacial score (nSPS) is 12.9. The van der Waals surface area contributed by atoms with Crippen molar-refractivity contribution >= 4 is 0 Å². The molecular formula is C11H20N2O2. The summed E-state index contributed by atoms with van der Waals surface area (Å²) >= 11 is 0. The molecule has 1 aromatic heterocycles. The largest absolute Gasteiger partial charge is 0.468 e. The average Bonchev–Trinajstić information content (AvgIpc) is 2.71. The first kappa shape index (κ1) is 12.2. The van der Waals surface area contributed by atoms with Crippen LogP contribution >= 0.6 is 0 Å². The molecule has 1 atom stereocenters. The minimum Gasteiger partial charge on any atom is -0.468 e. The lowest BCUT2D eigenvalue weighted by Gasteiger charge is -2.13. The minimum absolute atomic E-state index is 0.440. The van der Waals surface area contributed by atoms with E-state index in [2.05, 4.69) is 17.6 Å². The van der Waals surface area contributed by atoms with Crippen LogP contribution in [-0.2, 0) is 11.3 Å². The SMILES string of the molecule is COCCNC(C)CNCc1ccco1. The molecule has 0 radical (unpaired) electrons. The predicted octanol–water partition coefficient (Wildman–Crippen LogP) is 0.994. The fourth-order valence-corrected chi connectivity index (χ4v) is 1.30. The van der Waals surface area contributed by atoms with Crippen molar-refractivity contribution in [1.29, 1.82) is 0 Å². The van der Waals surface area contributed by atoms with Gasteiger partial charge in [-0.2, -0.15) is 0 Å². The maximum absolute atomic E-state index is 5.21. The van der Waals surface area contributed by atoms with Crippen molar-refractivity contribution in [3.63, 3.8) is 0 Å². The van der Waals surface area contributed by atoms with Gasteiger partial charge in [0.05, 0.1) is 19.4 Å². The lowest BCUT2D eigenvalue weighted by molar-refractivity contribution is 0.196. The lowest BCUT2D eigenvalue weighted by atomic mass is 10.3. The second-order valence-electron chi connectivity index (χ2n) is 3.56. The number of hydrogen-bond donors (Lipinski definition) is 2. The first-order chi connectivity index (χ1) is 7.33. The number of hydrogen-bond acceptors (Lipinski definition) is 4. The fourth-order valence-electron chi connectivity index (χ4n) is 1.30. The van der Waals surface area contributed by atoms with E-state index in [1.807, 2.05) is 12.1 Å². The summed E-state index contributed by atoms with van der Waals surface area (Å²) in [7, 11) is 1.71. The second kappa shape index (κ2) is 7.45. The number of ether oxygens (including phenoxy) is 1. The predicted molar refractivity (Wildman–Crippen MR) is 59.8 cm³/mol. The zero-order valence-electron chi connectivity index (χ0n) is 9.45. The molecule has 0 saturated carbocycles. The first-order valence-corrected chi connectivity index (χ1v) is 5.28. The molecule has 1 unspecified atom stereocenters. The van der Waals surface area contributed by atoms with Gasteiger partial charge in [-0.15, -0.1) is 0 Å². The summed E-state index contributed by atoms with van der Waals surface area (Å²) in [5.41, 5.74) is 0. The van der Waals surface area contributed by atoms with Gasteiger partial charge in [-0.3, -0.25) is 0 Å². The van der Waals surface area contributed by atoms with Gasteiger partial charge < -0.3 is 19.8 Å². The number of nitrogens with one attached hydrogen (secondary N) is 2. The van der Waals surface area contributed by atoms with E-state index >= 15 is 0 Å². The zero-order valence-corrected chi connectivity index (χ0v) is 9.45. The standard InChI is InChI=1S/C11H20N2O2/c1-10(13-5-7-14-2)8-12-9-11-4-3-6-15-11/h3-4,6,10,12-13H,5,7-9H2,1-2H3. The molecular weight excluding hydrogens is 192 g/mol. The molecule has 15 heavy (non-hydrogen) atoms. The minimum atomic E-state index is 0.440. The lowest BCUT2D eigenvalue weighted by Crippen LogP contribution is -2.37. The Bertz CT molecular complexity index is 237. The van der Waals surface area contributed by atoms with Gasteiger partial charge in [0.1, 0.15) is 5.76 Å². The molecule has 1 rings (SSSR count). The molecule has 0 fully saturated rings. The third-order valence-corrected chi connectivity index (χ3v) is 2.13. The van der Waals surface area contributed by atoms with Crippen LogP contribution < -0.4 is 10.6 Å². The van der Waals surface area contributed by atoms with Crippen molar-refractivity contribution in [3.05, 3.63) is 24.2 Å². The third kappa shape index (κ3) is 5.57. The summed E-state index contributed by atoms with van der Waals surface area (Å²) in [6, 6.07) is 4.31. The summed E-state index contributed by atoms with van der Waals surface area (Å²) in [5.74, 6) is 0.971. The summed E-state index contributed by atoms with van der Waals surface area (Å²) in [6.45, 7) is 5.49. The summed E-state index contributed by atoms with van der Waals surface area (Å²) in [5, 5.41) is 6.66. The molecule has 1 aromatic rings. The Balaban J connectivity index is 1.99. The summed E-state index contributed by atoms with van der Waals surface area (Å²) in [6.07, 6.45) is 1.69. The van der Waals surface area contributed by atoms with E-state index in [-0.39, 0.29) is 0 Å². The topological polar surface area (TPSA) is 46.4 Å². The van der Waals surface area contributed by atoms with E-state index < -0.39 is 0 Å². The molecule has 0 bridgehead atoms. The van der Waals surface area contributed by atoms with E-state index in [1.165, 1.54) is 0 Å². The average molecular weight is 212 g/mol. The van der Waals surface area contributed by atoms with Crippen LogP contribution in [0.5, 0.6) is 0 Å². The van der Waals surface area contributed by atoms with Crippen LogP contribution in [0.2, 0.25) is 0 Å². The van der Waals surface area contributed by atoms with Gasteiger partial charge in [-0.25, -0.2) is 0 Å². The molecule has 0 saturated heterocycles. The molecule has 0 aliphatic rings. The molecule has 0 aromatic carbocycles. The van der Waals surface area contributed by atoms with E-state index in [4.69, 9.17) is 9.15 Å². The maximum atomic E-state index is 5.21. The van der Waals surface area contributed by atoms with Crippen LogP contribution in [0.25, 0.3) is 0 Å². The van der Waals surface area contributed by atoms with Gasteiger partial charge in [0, 0.05) is 26.2 Å².